The normalized spacial score (nSPS) is 19.1. The Morgan fingerprint density at radius 3 is 2.91 bits per heavy atom. The molecule has 2 heterocycles. The summed E-state index contributed by atoms with van der Waals surface area (Å²) in [6, 6.07) is 0. The molecule has 1 aliphatic heterocycles. The zero-order valence-electron chi connectivity index (χ0n) is 12.9. The Balaban J connectivity index is 1.79. The number of nitrogens with one attached hydrogen (secondary N) is 2. The Morgan fingerprint density at radius 2 is 2.30 bits per heavy atom. The van der Waals surface area contributed by atoms with Gasteiger partial charge in [-0.3, -0.25) is 4.99 Å². The van der Waals surface area contributed by atoms with Crippen molar-refractivity contribution in [1.29, 1.82) is 0 Å². The maximum absolute atomic E-state index is 12.5. The van der Waals surface area contributed by atoms with Gasteiger partial charge in [-0.1, -0.05) is 0 Å². The Kier molecular flexibility index (Phi) is 6.64. The number of thiazole rings is 1. The van der Waals surface area contributed by atoms with E-state index in [0.29, 0.717) is 37.0 Å². The van der Waals surface area contributed by atoms with Gasteiger partial charge in [0.15, 0.2) is 11.7 Å². The Morgan fingerprint density at radius 1 is 1.48 bits per heavy atom. The molecular formula is C14H21F3N4OS. The lowest BCUT2D eigenvalue weighted by atomic mass is 10.2. The second kappa shape index (κ2) is 8.49. The van der Waals surface area contributed by atoms with Crippen LogP contribution in [-0.2, 0) is 17.3 Å². The van der Waals surface area contributed by atoms with Gasteiger partial charge in [0.05, 0.1) is 17.7 Å². The van der Waals surface area contributed by atoms with E-state index >= 15 is 0 Å². The summed E-state index contributed by atoms with van der Waals surface area (Å²) in [5.41, 5.74) is -0.823. The van der Waals surface area contributed by atoms with Gasteiger partial charge in [0.25, 0.3) is 0 Å². The molecule has 0 spiro atoms. The van der Waals surface area contributed by atoms with Crippen molar-refractivity contribution in [3.63, 3.8) is 0 Å². The molecule has 0 saturated carbocycles. The van der Waals surface area contributed by atoms with Gasteiger partial charge in [-0.15, -0.1) is 11.3 Å². The molecule has 1 atom stereocenters. The molecule has 1 aromatic heterocycles. The van der Waals surface area contributed by atoms with Crippen LogP contribution in [0.25, 0.3) is 0 Å². The predicted molar refractivity (Wildman–Crippen MR) is 83.8 cm³/mol. The zero-order valence-corrected chi connectivity index (χ0v) is 13.8. The van der Waals surface area contributed by atoms with E-state index in [1.807, 2.05) is 6.92 Å². The van der Waals surface area contributed by atoms with Crippen LogP contribution in [0.1, 0.15) is 30.5 Å². The Bertz CT molecular complexity index is 512. The number of hydrogen-bond acceptors (Lipinski definition) is 4. The van der Waals surface area contributed by atoms with Crippen LogP contribution in [0.3, 0.4) is 0 Å². The van der Waals surface area contributed by atoms with Gasteiger partial charge in [-0.25, -0.2) is 4.98 Å². The molecule has 1 unspecified atom stereocenters. The van der Waals surface area contributed by atoms with Gasteiger partial charge in [-0.2, -0.15) is 13.2 Å². The monoisotopic (exact) mass is 350 g/mol. The molecule has 1 fully saturated rings. The molecule has 1 saturated heterocycles. The summed E-state index contributed by atoms with van der Waals surface area (Å²) >= 11 is 1.02. The van der Waals surface area contributed by atoms with Gasteiger partial charge in [0, 0.05) is 31.5 Å². The minimum Gasteiger partial charge on any atom is -0.376 e. The Hall–Kier alpha value is -1.35. The number of hydrogen-bond donors (Lipinski definition) is 2. The van der Waals surface area contributed by atoms with Gasteiger partial charge in [0.1, 0.15) is 0 Å². The van der Waals surface area contributed by atoms with Crippen molar-refractivity contribution in [2.24, 2.45) is 4.99 Å². The molecule has 0 radical (unpaired) electrons. The molecule has 2 N–H and O–H groups in total. The van der Waals surface area contributed by atoms with E-state index in [2.05, 4.69) is 20.6 Å². The lowest BCUT2D eigenvalue weighted by Crippen LogP contribution is -2.39. The molecule has 130 valence electrons. The molecule has 1 aliphatic rings. The van der Waals surface area contributed by atoms with Crippen LogP contribution in [0.4, 0.5) is 13.2 Å². The zero-order chi connectivity index (χ0) is 16.7. The number of ether oxygens (including phenoxy) is 1. The van der Waals surface area contributed by atoms with E-state index in [0.717, 1.165) is 36.2 Å². The fourth-order valence-electron chi connectivity index (χ4n) is 2.17. The fourth-order valence-corrected chi connectivity index (χ4v) is 2.97. The maximum Gasteiger partial charge on any atom is 0.434 e. The molecule has 0 bridgehead atoms. The van der Waals surface area contributed by atoms with E-state index in [9.17, 15) is 13.2 Å². The first-order chi connectivity index (χ1) is 11.0. The van der Waals surface area contributed by atoms with Crippen molar-refractivity contribution in [3.05, 3.63) is 16.1 Å². The first-order valence-corrected chi connectivity index (χ1v) is 8.52. The summed E-state index contributed by atoms with van der Waals surface area (Å²) in [5.74, 6) is 0.649. The second-order valence-electron chi connectivity index (χ2n) is 5.16. The summed E-state index contributed by atoms with van der Waals surface area (Å²) in [6.45, 7) is 4.52. The maximum atomic E-state index is 12.5. The third kappa shape index (κ3) is 5.98. The van der Waals surface area contributed by atoms with Crippen molar-refractivity contribution in [2.75, 3.05) is 26.2 Å². The predicted octanol–water partition coefficient (Wildman–Crippen LogP) is 2.44. The number of aromatic nitrogens is 1. The van der Waals surface area contributed by atoms with Crippen LogP contribution < -0.4 is 10.6 Å². The van der Waals surface area contributed by atoms with Crippen LogP contribution >= 0.6 is 11.3 Å². The first kappa shape index (κ1) is 18.0. The van der Waals surface area contributed by atoms with Crippen molar-refractivity contribution < 1.29 is 17.9 Å². The van der Waals surface area contributed by atoms with Gasteiger partial charge in [-0.05, 0) is 19.8 Å². The van der Waals surface area contributed by atoms with Gasteiger partial charge < -0.3 is 15.4 Å². The molecule has 0 aliphatic carbocycles. The molecule has 9 heteroatoms. The van der Waals surface area contributed by atoms with Crippen LogP contribution in [0.5, 0.6) is 0 Å². The fraction of sp³-hybridized carbons (Fsp3) is 0.714. The SMILES string of the molecule is CCNC(=NCC1CCCO1)NCCc1nc(C(F)(F)F)cs1. The van der Waals surface area contributed by atoms with Crippen LogP contribution in [0, 0.1) is 0 Å². The third-order valence-corrected chi connectivity index (χ3v) is 4.20. The molecule has 2 rings (SSSR count). The average molecular weight is 350 g/mol. The summed E-state index contributed by atoms with van der Waals surface area (Å²) in [5, 5.41) is 7.72. The number of alkyl halides is 3. The average Bonchev–Trinajstić information content (AvgIpc) is 3.15. The lowest BCUT2D eigenvalue weighted by Gasteiger charge is -2.12. The molecule has 23 heavy (non-hydrogen) atoms. The second-order valence-corrected chi connectivity index (χ2v) is 6.10. The highest BCUT2D eigenvalue weighted by Crippen LogP contribution is 2.29. The number of guanidine groups is 1. The topological polar surface area (TPSA) is 58.5 Å². The highest BCUT2D eigenvalue weighted by atomic mass is 32.1. The van der Waals surface area contributed by atoms with Crippen molar-refractivity contribution >= 4 is 17.3 Å². The van der Waals surface area contributed by atoms with E-state index in [1.54, 1.807) is 0 Å². The number of nitrogens with zero attached hydrogens (tertiary/aromatic N) is 2. The molecule has 0 aromatic carbocycles. The summed E-state index contributed by atoms with van der Waals surface area (Å²) < 4.78 is 43.0. The largest absolute Gasteiger partial charge is 0.434 e. The summed E-state index contributed by atoms with van der Waals surface area (Å²) in [6.07, 6.45) is -1.71. The molecule has 1 aromatic rings. The minimum atomic E-state index is -4.38. The standard InChI is InChI=1S/C14H21F3N4OS/c1-2-18-13(20-8-10-4-3-7-22-10)19-6-5-12-21-11(9-23-12)14(15,16)17/h9-10H,2-8H2,1H3,(H2,18,19,20). The number of aliphatic imine (C=N–C) groups is 1. The molecular weight excluding hydrogens is 329 g/mol. The van der Waals surface area contributed by atoms with Crippen LogP contribution in [-0.4, -0.2) is 43.3 Å². The molecule has 5 nitrogen and oxygen atoms in total. The minimum absolute atomic E-state index is 0.166. The van der Waals surface area contributed by atoms with Crippen LogP contribution in [0.15, 0.2) is 10.4 Å². The van der Waals surface area contributed by atoms with Crippen molar-refractivity contribution in [1.82, 2.24) is 15.6 Å². The van der Waals surface area contributed by atoms with E-state index in [4.69, 9.17) is 4.74 Å². The highest BCUT2D eigenvalue weighted by Gasteiger charge is 2.33. The smallest absolute Gasteiger partial charge is 0.376 e. The number of halogens is 3. The van der Waals surface area contributed by atoms with E-state index in [1.165, 1.54) is 0 Å². The van der Waals surface area contributed by atoms with E-state index in [-0.39, 0.29) is 6.10 Å². The highest BCUT2D eigenvalue weighted by molar-refractivity contribution is 7.09. The van der Waals surface area contributed by atoms with Crippen molar-refractivity contribution in [3.8, 4) is 0 Å². The van der Waals surface area contributed by atoms with E-state index < -0.39 is 11.9 Å². The van der Waals surface area contributed by atoms with Crippen LogP contribution in [0.2, 0.25) is 0 Å². The first-order valence-electron chi connectivity index (χ1n) is 7.64. The Labute approximate surface area is 137 Å². The molecule has 0 amide bonds. The van der Waals surface area contributed by atoms with Crippen molar-refractivity contribution in [2.45, 2.75) is 38.5 Å². The number of rotatable bonds is 6. The third-order valence-electron chi connectivity index (χ3n) is 3.29. The summed E-state index contributed by atoms with van der Waals surface area (Å²) in [7, 11) is 0. The lowest BCUT2D eigenvalue weighted by molar-refractivity contribution is -0.140. The van der Waals surface area contributed by atoms with Gasteiger partial charge >= 0.3 is 6.18 Å². The quantitative estimate of drug-likeness (QED) is 0.611. The van der Waals surface area contributed by atoms with Gasteiger partial charge in [0.2, 0.25) is 0 Å². The summed E-state index contributed by atoms with van der Waals surface area (Å²) in [4.78, 5) is 8.05.